The van der Waals surface area contributed by atoms with Crippen LogP contribution in [-0.2, 0) is 4.79 Å². The maximum absolute atomic E-state index is 11.3. The number of pyridine rings is 1. The third kappa shape index (κ3) is 4.21. The van der Waals surface area contributed by atoms with Crippen LogP contribution in [0.1, 0.15) is 32.4 Å². The van der Waals surface area contributed by atoms with Crippen molar-refractivity contribution >= 4 is 5.78 Å². The summed E-state index contributed by atoms with van der Waals surface area (Å²) in [6, 6.07) is 3.59. The van der Waals surface area contributed by atoms with Gasteiger partial charge in [0.05, 0.1) is 6.04 Å². The molecule has 0 aromatic carbocycles. The summed E-state index contributed by atoms with van der Waals surface area (Å²) in [5.74, 6) is 0.137. The average molecular weight is 208 g/mol. The molecule has 1 unspecified atom stereocenters. The van der Waals surface area contributed by atoms with Crippen molar-refractivity contribution in [2.75, 3.05) is 14.1 Å². The highest BCUT2D eigenvalue weighted by atomic mass is 16.1. The van der Waals surface area contributed by atoms with Crippen LogP contribution in [0.3, 0.4) is 0 Å². The Morgan fingerprint density at radius 3 is 2.33 bits per heavy atom. The molecule has 0 aliphatic carbocycles. The third-order valence-electron chi connectivity index (χ3n) is 1.90. The molecule has 0 saturated carbocycles. The van der Waals surface area contributed by atoms with E-state index in [9.17, 15) is 4.79 Å². The molecule has 1 rings (SSSR count). The zero-order valence-corrected chi connectivity index (χ0v) is 10.2. The van der Waals surface area contributed by atoms with E-state index in [1.54, 1.807) is 19.3 Å². The molecular formula is C12H20N2O. The number of rotatable bonds is 3. The van der Waals surface area contributed by atoms with Gasteiger partial charge in [0.15, 0.2) is 5.78 Å². The van der Waals surface area contributed by atoms with Crippen molar-refractivity contribution in [3.8, 4) is 0 Å². The minimum absolute atomic E-state index is 0.137. The highest BCUT2D eigenvalue weighted by Crippen LogP contribution is 2.17. The van der Waals surface area contributed by atoms with Gasteiger partial charge in [-0.15, -0.1) is 0 Å². The van der Waals surface area contributed by atoms with E-state index < -0.39 is 0 Å². The van der Waals surface area contributed by atoms with Crippen molar-refractivity contribution in [2.45, 2.75) is 26.8 Å². The Kier molecular flexibility index (Phi) is 6.54. The van der Waals surface area contributed by atoms with Crippen LogP contribution < -0.4 is 0 Å². The Balaban J connectivity index is 0.000000921. The highest BCUT2D eigenvalue weighted by Gasteiger charge is 2.18. The van der Waals surface area contributed by atoms with E-state index in [-0.39, 0.29) is 11.8 Å². The summed E-state index contributed by atoms with van der Waals surface area (Å²) >= 11 is 0. The predicted molar refractivity (Wildman–Crippen MR) is 62.7 cm³/mol. The second-order valence-electron chi connectivity index (χ2n) is 3.26. The number of hydrogen-bond acceptors (Lipinski definition) is 3. The first-order valence-corrected chi connectivity index (χ1v) is 5.19. The van der Waals surface area contributed by atoms with E-state index in [1.165, 1.54) is 0 Å². The van der Waals surface area contributed by atoms with Gasteiger partial charge in [0.1, 0.15) is 0 Å². The monoisotopic (exact) mass is 208 g/mol. The second-order valence-corrected chi connectivity index (χ2v) is 3.26. The SMILES string of the molecule is CC.CC(=O)C(c1cccnc1)N(C)C. The molecule has 0 amide bonds. The Labute approximate surface area is 92.1 Å². The summed E-state index contributed by atoms with van der Waals surface area (Å²) in [7, 11) is 3.78. The van der Waals surface area contributed by atoms with Gasteiger partial charge in [0.2, 0.25) is 0 Å². The third-order valence-corrected chi connectivity index (χ3v) is 1.90. The largest absolute Gasteiger partial charge is 0.298 e. The molecule has 84 valence electrons. The van der Waals surface area contributed by atoms with Crippen molar-refractivity contribution in [1.82, 2.24) is 9.88 Å². The van der Waals surface area contributed by atoms with Gasteiger partial charge in [-0.05, 0) is 32.6 Å². The summed E-state index contributed by atoms with van der Waals surface area (Å²) < 4.78 is 0. The molecule has 0 fully saturated rings. The van der Waals surface area contributed by atoms with Gasteiger partial charge >= 0.3 is 0 Å². The number of carbonyl (C=O) groups excluding carboxylic acids is 1. The number of hydrogen-bond donors (Lipinski definition) is 0. The first kappa shape index (κ1) is 13.8. The molecule has 1 atom stereocenters. The van der Waals surface area contributed by atoms with Crippen molar-refractivity contribution < 1.29 is 4.79 Å². The molecule has 1 heterocycles. The first-order chi connectivity index (χ1) is 7.13. The molecule has 0 bridgehead atoms. The fraction of sp³-hybridized carbons (Fsp3) is 0.500. The topological polar surface area (TPSA) is 33.2 Å². The number of carbonyl (C=O) groups is 1. The fourth-order valence-corrected chi connectivity index (χ4v) is 1.43. The van der Waals surface area contributed by atoms with Gasteiger partial charge in [-0.1, -0.05) is 19.9 Å². The maximum atomic E-state index is 11.3. The molecule has 1 aromatic rings. The average Bonchev–Trinajstić information content (AvgIpc) is 2.21. The van der Waals surface area contributed by atoms with Gasteiger partial charge in [0, 0.05) is 12.4 Å². The molecule has 1 aromatic heterocycles. The molecule has 0 spiro atoms. The standard InChI is InChI=1S/C10H14N2O.C2H6/c1-8(13)10(12(2)3)9-5-4-6-11-7-9;1-2/h4-7,10H,1-3H3;1-2H3. The summed E-state index contributed by atoms with van der Waals surface area (Å²) in [5, 5.41) is 0. The minimum Gasteiger partial charge on any atom is -0.298 e. The van der Waals surface area contributed by atoms with Crippen LogP contribution in [0.25, 0.3) is 0 Å². The van der Waals surface area contributed by atoms with Crippen LogP contribution in [0, 0.1) is 0 Å². The fourth-order valence-electron chi connectivity index (χ4n) is 1.43. The molecule has 0 aliphatic rings. The van der Waals surface area contributed by atoms with E-state index in [0.29, 0.717) is 0 Å². The van der Waals surface area contributed by atoms with Crippen molar-refractivity contribution in [1.29, 1.82) is 0 Å². The minimum atomic E-state index is -0.173. The zero-order valence-electron chi connectivity index (χ0n) is 10.2. The van der Waals surface area contributed by atoms with E-state index >= 15 is 0 Å². The normalized spacial score (nSPS) is 11.6. The van der Waals surface area contributed by atoms with E-state index in [4.69, 9.17) is 0 Å². The maximum Gasteiger partial charge on any atom is 0.151 e. The second kappa shape index (κ2) is 7.12. The number of ketones is 1. The molecule has 0 aliphatic heterocycles. The van der Waals surface area contributed by atoms with Crippen molar-refractivity contribution in [3.05, 3.63) is 30.1 Å². The van der Waals surface area contributed by atoms with Crippen LogP contribution >= 0.6 is 0 Å². The Hall–Kier alpha value is -1.22. The van der Waals surface area contributed by atoms with Crippen LogP contribution in [0.15, 0.2) is 24.5 Å². The summed E-state index contributed by atoms with van der Waals surface area (Å²) in [4.78, 5) is 17.2. The lowest BCUT2D eigenvalue weighted by Crippen LogP contribution is -2.25. The Bertz CT molecular complexity index is 283. The number of nitrogens with zero attached hydrogens (tertiary/aromatic N) is 2. The summed E-state index contributed by atoms with van der Waals surface area (Å²) in [5.41, 5.74) is 0.944. The van der Waals surface area contributed by atoms with Gasteiger partial charge in [0.25, 0.3) is 0 Å². The lowest BCUT2D eigenvalue weighted by Gasteiger charge is -2.21. The van der Waals surface area contributed by atoms with Crippen molar-refractivity contribution in [3.63, 3.8) is 0 Å². The Morgan fingerprint density at radius 2 is 2.00 bits per heavy atom. The van der Waals surface area contributed by atoms with Crippen LogP contribution in [0.5, 0.6) is 0 Å². The van der Waals surface area contributed by atoms with Gasteiger partial charge in [-0.25, -0.2) is 0 Å². The molecule has 0 N–H and O–H groups in total. The molecule has 15 heavy (non-hydrogen) atoms. The lowest BCUT2D eigenvalue weighted by molar-refractivity contribution is -0.121. The van der Waals surface area contributed by atoms with E-state index in [0.717, 1.165) is 5.56 Å². The molecule has 3 heteroatoms. The van der Waals surface area contributed by atoms with Gasteiger partial charge in [-0.2, -0.15) is 0 Å². The highest BCUT2D eigenvalue weighted by molar-refractivity contribution is 5.82. The number of Topliss-reactive ketones (excluding diaryl/α,β-unsaturated/α-hetero) is 1. The first-order valence-electron chi connectivity index (χ1n) is 5.19. The molecule has 0 radical (unpaired) electrons. The lowest BCUT2D eigenvalue weighted by atomic mass is 10.1. The van der Waals surface area contributed by atoms with E-state index in [2.05, 4.69) is 4.98 Å². The Morgan fingerprint density at radius 1 is 1.40 bits per heavy atom. The van der Waals surface area contributed by atoms with Crippen molar-refractivity contribution in [2.24, 2.45) is 0 Å². The predicted octanol–water partition coefficient (Wildman–Crippen LogP) is 2.30. The smallest absolute Gasteiger partial charge is 0.151 e. The quantitative estimate of drug-likeness (QED) is 0.764. The van der Waals surface area contributed by atoms with Crippen LogP contribution in [0.2, 0.25) is 0 Å². The number of aromatic nitrogens is 1. The van der Waals surface area contributed by atoms with Gasteiger partial charge < -0.3 is 0 Å². The van der Waals surface area contributed by atoms with E-state index in [1.807, 2.05) is 45.0 Å². The molecular weight excluding hydrogens is 188 g/mol. The molecule has 3 nitrogen and oxygen atoms in total. The van der Waals surface area contributed by atoms with Crippen LogP contribution in [-0.4, -0.2) is 29.8 Å². The number of likely N-dealkylation sites (N-methyl/N-ethyl adjacent to an activating group) is 1. The zero-order chi connectivity index (χ0) is 11.8. The van der Waals surface area contributed by atoms with Crippen LogP contribution in [0.4, 0.5) is 0 Å². The summed E-state index contributed by atoms with van der Waals surface area (Å²) in [6.07, 6.45) is 3.43. The molecule has 0 saturated heterocycles. The van der Waals surface area contributed by atoms with Gasteiger partial charge in [-0.3, -0.25) is 14.7 Å². The summed E-state index contributed by atoms with van der Waals surface area (Å²) in [6.45, 7) is 5.59.